The highest BCUT2D eigenvalue weighted by Crippen LogP contribution is 2.34. The Morgan fingerprint density at radius 3 is 2.83 bits per heavy atom. The summed E-state index contributed by atoms with van der Waals surface area (Å²) < 4.78 is 8.59. The molecule has 0 saturated carbocycles. The number of hydrogen-bond donors (Lipinski definition) is 0. The summed E-state index contributed by atoms with van der Waals surface area (Å²) in [6.07, 6.45) is 7.43. The lowest BCUT2D eigenvalue weighted by Crippen LogP contribution is -2.23. The number of ether oxygens (including phenoxy) is 1. The predicted octanol–water partition coefficient (Wildman–Crippen LogP) is 5.85. The molecule has 0 unspecified atom stereocenters. The van der Waals surface area contributed by atoms with E-state index in [1.54, 1.807) is 33.7 Å². The molecule has 0 amide bonds. The molecule has 0 N–H and O–H groups in total. The Morgan fingerprint density at radius 2 is 2.03 bits per heavy atom. The van der Waals surface area contributed by atoms with Crippen molar-refractivity contribution in [1.29, 1.82) is 0 Å². The quantitative estimate of drug-likeness (QED) is 0.137. The molecule has 7 heteroatoms. The highest BCUT2D eigenvalue weighted by Gasteiger charge is 2.21. The van der Waals surface area contributed by atoms with Crippen molar-refractivity contribution in [1.82, 2.24) is 9.55 Å². The third kappa shape index (κ3) is 4.62. The number of benzene rings is 1. The van der Waals surface area contributed by atoms with E-state index >= 15 is 0 Å². The van der Waals surface area contributed by atoms with E-state index in [2.05, 4.69) is 22.5 Å². The van der Waals surface area contributed by atoms with E-state index in [0.717, 1.165) is 50.6 Å². The Morgan fingerprint density at radius 1 is 1.24 bits per heavy atom. The van der Waals surface area contributed by atoms with E-state index in [1.165, 1.54) is 23.3 Å². The van der Waals surface area contributed by atoms with Gasteiger partial charge in [-0.3, -0.25) is 9.36 Å². The minimum absolute atomic E-state index is 0.0747. The molecule has 1 aromatic carbocycles. The van der Waals surface area contributed by atoms with Crippen molar-refractivity contribution in [2.75, 3.05) is 12.4 Å². The molecule has 1 aliphatic rings. The highest BCUT2D eigenvalue weighted by molar-refractivity contribution is 9.10. The number of aromatic nitrogens is 2. The molecular weight excluding hydrogens is 468 g/mol. The van der Waals surface area contributed by atoms with Crippen LogP contribution in [0.3, 0.4) is 0 Å². The van der Waals surface area contributed by atoms with Crippen LogP contribution in [0.4, 0.5) is 0 Å². The van der Waals surface area contributed by atoms with Gasteiger partial charge in [0, 0.05) is 21.6 Å². The average molecular weight is 491 g/mol. The second kappa shape index (κ2) is 9.49. The summed E-state index contributed by atoms with van der Waals surface area (Å²) in [7, 11) is 0. The van der Waals surface area contributed by atoms with Gasteiger partial charge < -0.3 is 4.74 Å². The Kier molecular flexibility index (Phi) is 6.77. The fraction of sp³-hybridized carbons (Fsp3) is 0.364. The number of aryl methyl sites for hydroxylation is 2. The first-order valence-electron chi connectivity index (χ1n) is 9.84. The molecule has 2 aromatic heterocycles. The maximum atomic E-state index is 13.3. The van der Waals surface area contributed by atoms with Crippen molar-refractivity contribution in [3.05, 3.63) is 62.2 Å². The summed E-state index contributed by atoms with van der Waals surface area (Å²) in [6.45, 7) is 4.85. The molecular formula is C22H23BrN2O2S2. The maximum Gasteiger partial charge on any atom is 0.263 e. The number of thioether (sulfide) groups is 1. The summed E-state index contributed by atoms with van der Waals surface area (Å²) in [5.41, 5.74) is 1.32. The van der Waals surface area contributed by atoms with Crippen LogP contribution in [0.15, 0.2) is 51.3 Å². The summed E-state index contributed by atoms with van der Waals surface area (Å²) >= 11 is 6.70. The minimum atomic E-state index is 0.0747. The molecule has 0 saturated heterocycles. The molecule has 0 spiro atoms. The lowest BCUT2D eigenvalue weighted by molar-refractivity contribution is 0.343. The van der Waals surface area contributed by atoms with Gasteiger partial charge in [0.1, 0.15) is 10.6 Å². The maximum absolute atomic E-state index is 13.3. The molecule has 0 bridgehead atoms. The SMILES string of the molecule is C=CCn1c(SCCOc2ccc(Br)cc2)nc2sc3c(c2c1=O)CCCCC3. The number of thiophene rings is 1. The first-order valence-corrected chi connectivity index (χ1v) is 12.4. The van der Waals surface area contributed by atoms with Gasteiger partial charge in [-0.2, -0.15) is 0 Å². The van der Waals surface area contributed by atoms with Crippen LogP contribution in [0.2, 0.25) is 0 Å². The zero-order chi connectivity index (χ0) is 20.2. The first kappa shape index (κ1) is 20.7. The average Bonchev–Trinajstić information content (AvgIpc) is 2.90. The van der Waals surface area contributed by atoms with Gasteiger partial charge in [-0.1, -0.05) is 40.2 Å². The van der Waals surface area contributed by atoms with Gasteiger partial charge >= 0.3 is 0 Å². The van der Waals surface area contributed by atoms with Crippen LogP contribution in [0.1, 0.15) is 29.7 Å². The van der Waals surface area contributed by atoms with E-state index in [4.69, 9.17) is 9.72 Å². The van der Waals surface area contributed by atoms with E-state index in [-0.39, 0.29) is 5.56 Å². The number of rotatable bonds is 7. The van der Waals surface area contributed by atoms with E-state index in [1.807, 2.05) is 24.3 Å². The molecule has 0 radical (unpaired) electrons. The fourth-order valence-corrected chi connectivity index (χ4v) is 6.01. The van der Waals surface area contributed by atoms with Gasteiger partial charge in [-0.15, -0.1) is 17.9 Å². The van der Waals surface area contributed by atoms with Crippen molar-refractivity contribution in [3.8, 4) is 5.75 Å². The van der Waals surface area contributed by atoms with Crippen LogP contribution in [0.5, 0.6) is 5.75 Å². The van der Waals surface area contributed by atoms with E-state index in [9.17, 15) is 4.79 Å². The first-order chi connectivity index (χ1) is 14.2. The van der Waals surface area contributed by atoms with Crippen LogP contribution in [0, 0.1) is 0 Å². The minimum Gasteiger partial charge on any atom is -0.493 e. The van der Waals surface area contributed by atoms with Gasteiger partial charge in [-0.25, -0.2) is 4.98 Å². The molecule has 1 aliphatic carbocycles. The Bertz CT molecular complexity index is 1070. The van der Waals surface area contributed by atoms with Gasteiger partial charge in [0.25, 0.3) is 5.56 Å². The second-order valence-corrected chi connectivity index (χ2v) is 10.1. The predicted molar refractivity (Wildman–Crippen MR) is 126 cm³/mol. The van der Waals surface area contributed by atoms with Gasteiger partial charge in [-0.05, 0) is 55.5 Å². The van der Waals surface area contributed by atoms with Crippen LogP contribution in [-0.2, 0) is 19.4 Å². The van der Waals surface area contributed by atoms with Crippen molar-refractivity contribution in [2.45, 2.75) is 43.8 Å². The van der Waals surface area contributed by atoms with Gasteiger partial charge in [0.05, 0.1) is 12.0 Å². The van der Waals surface area contributed by atoms with Crippen molar-refractivity contribution in [2.24, 2.45) is 0 Å². The molecule has 0 fully saturated rings. The largest absolute Gasteiger partial charge is 0.493 e. The lowest BCUT2D eigenvalue weighted by Gasteiger charge is -2.11. The molecule has 2 heterocycles. The summed E-state index contributed by atoms with van der Waals surface area (Å²) in [6, 6.07) is 7.79. The molecule has 4 rings (SSSR count). The summed E-state index contributed by atoms with van der Waals surface area (Å²) in [5.74, 6) is 1.55. The fourth-order valence-electron chi connectivity index (χ4n) is 3.62. The monoisotopic (exact) mass is 490 g/mol. The molecule has 3 aromatic rings. The molecule has 0 atom stereocenters. The Balaban J connectivity index is 1.56. The van der Waals surface area contributed by atoms with Crippen LogP contribution < -0.4 is 10.3 Å². The molecule has 152 valence electrons. The number of fused-ring (bicyclic) bond motifs is 3. The normalized spacial score (nSPS) is 13.8. The van der Waals surface area contributed by atoms with Gasteiger partial charge in [0.15, 0.2) is 5.16 Å². The number of nitrogens with zero attached hydrogens (tertiary/aromatic N) is 2. The standard InChI is InChI=1S/C22H23BrN2O2S2/c1-2-12-25-21(26)19-17-6-4-3-5-7-18(17)29-20(19)24-22(25)28-14-13-27-16-10-8-15(23)9-11-16/h2,8-11H,1,3-7,12-14H2. The van der Waals surface area contributed by atoms with Crippen LogP contribution in [-0.4, -0.2) is 21.9 Å². The highest BCUT2D eigenvalue weighted by atomic mass is 79.9. The topological polar surface area (TPSA) is 44.1 Å². The summed E-state index contributed by atoms with van der Waals surface area (Å²) in [4.78, 5) is 20.4. The third-order valence-electron chi connectivity index (χ3n) is 5.00. The smallest absolute Gasteiger partial charge is 0.263 e. The van der Waals surface area contributed by atoms with Crippen molar-refractivity contribution < 1.29 is 4.74 Å². The van der Waals surface area contributed by atoms with Crippen LogP contribution in [0.25, 0.3) is 10.2 Å². The number of halogens is 1. The Labute approximate surface area is 187 Å². The molecule has 29 heavy (non-hydrogen) atoms. The van der Waals surface area contributed by atoms with Crippen molar-refractivity contribution >= 4 is 49.2 Å². The zero-order valence-corrected chi connectivity index (χ0v) is 19.4. The summed E-state index contributed by atoms with van der Waals surface area (Å²) in [5, 5.41) is 1.59. The third-order valence-corrected chi connectivity index (χ3v) is 7.65. The van der Waals surface area contributed by atoms with E-state index in [0.29, 0.717) is 13.2 Å². The Hall–Kier alpha value is -1.57. The second-order valence-electron chi connectivity index (χ2n) is 6.99. The van der Waals surface area contributed by atoms with Crippen LogP contribution >= 0.6 is 39.0 Å². The zero-order valence-electron chi connectivity index (χ0n) is 16.2. The molecule has 4 nitrogen and oxygen atoms in total. The number of allylic oxidation sites excluding steroid dienone is 1. The van der Waals surface area contributed by atoms with E-state index < -0.39 is 0 Å². The van der Waals surface area contributed by atoms with Crippen molar-refractivity contribution in [3.63, 3.8) is 0 Å². The lowest BCUT2D eigenvalue weighted by atomic mass is 10.1. The molecule has 0 aliphatic heterocycles. The van der Waals surface area contributed by atoms with Gasteiger partial charge in [0.2, 0.25) is 0 Å². The number of hydrogen-bond acceptors (Lipinski definition) is 5.